The summed E-state index contributed by atoms with van der Waals surface area (Å²) in [6.45, 7) is 11.1. The minimum absolute atomic E-state index is 0.524. The van der Waals surface area contributed by atoms with Gasteiger partial charge in [0, 0.05) is 58.9 Å². The number of guanidine groups is 1. The first kappa shape index (κ1) is 20.1. The molecule has 1 aromatic rings. The molecule has 0 spiro atoms. The van der Waals surface area contributed by atoms with Crippen LogP contribution in [0, 0.1) is 0 Å². The lowest BCUT2D eigenvalue weighted by Crippen LogP contribution is -2.49. The smallest absolute Gasteiger partial charge is 0.191 e. The van der Waals surface area contributed by atoms with Crippen LogP contribution in [0.25, 0.3) is 0 Å². The fourth-order valence-electron chi connectivity index (χ4n) is 3.95. The fraction of sp³-hybridized carbons (Fsp3) is 0.667. The molecule has 0 radical (unpaired) electrons. The Bertz CT molecular complexity index is 600. The van der Waals surface area contributed by atoms with Crippen LogP contribution >= 0.6 is 0 Å². The number of hydrogen-bond acceptors (Lipinski definition) is 4. The highest BCUT2D eigenvalue weighted by Gasteiger charge is 2.22. The first-order chi connectivity index (χ1) is 13.3. The summed E-state index contributed by atoms with van der Waals surface area (Å²) in [5.74, 6) is 0.902. The first-order valence-electron chi connectivity index (χ1n) is 10.4. The largest absolute Gasteiger partial charge is 0.379 e. The van der Waals surface area contributed by atoms with Crippen molar-refractivity contribution in [2.75, 3.05) is 59.5 Å². The van der Waals surface area contributed by atoms with Crippen LogP contribution in [-0.2, 0) is 17.7 Å². The summed E-state index contributed by atoms with van der Waals surface area (Å²) >= 11 is 0. The van der Waals surface area contributed by atoms with Crippen molar-refractivity contribution >= 4 is 5.96 Å². The summed E-state index contributed by atoms with van der Waals surface area (Å²) in [6, 6.07) is 9.37. The van der Waals surface area contributed by atoms with Crippen LogP contribution < -0.4 is 10.6 Å². The second-order valence-electron chi connectivity index (χ2n) is 7.39. The van der Waals surface area contributed by atoms with Crippen LogP contribution in [0.4, 0.5) is 0 Å². The molecule has 1 saturated heterocycles. The molecule has 1 atom stereocenters. The molecule has 1 aromatic carbocycles. The molecule has 0 bridgehead atoms. The number of morpholine rings is 1. The maximum absolute atomic E-state index is 5.40. The molecule has 2 aliphatic rings. The third kappa shape index (κ3) is 5.92. The van der Waals surface area contributed by atoms with Gasteiger partial charge >= 0.3 is 0 Å². The van der Waals surface area contributed by atoms with Crippen molar-refractivity contribution < 1.29 is 4.74 Å². The highest BCUT2D eigenvalue weighted by Crippen LogP contribution is 2.21. The van der Waals surface area contributed by atoms with Crippen LogP contribution in [-0.4, -0.2) is 81.3 Å². The summed E-state index contributed by atoms with van der Waals surface area (Å²) in [6.07, 6.45) is 2.29. The third-order valence-electron chi connectivity index (χ3n) is 5.70. The average Bonchev–Trinajstić information content (AvgIpc) is 2.73. The number of fused-ring (bicyclic) bond motifs is 1. The Morgan fingerprint density at radius 3 is 2.67 bits per heavy atom. The molecule has 0 aromatic heterocycles. The van der Waals surface area contributed by atoms with Crippen molar-refractivity contribution in [2.45, 2.75) is 32.4 Å². The van der Waals surface area contributed by atoms with Gasteiger partial charge in [0.2, 0.25) is 0 Å². The van der Waals surface area contributed by atoms with Gasteiger partial charge in [-0.05, 0) is 24.0 Å². The molecule has 0 amide bonds. The van der Waals surface area contributed by atoms with Gasteiger partial charge in [-0.15, -0.1) is 0 Å². The van der Waals surface area contributed by atoms with Crippen LogP contribution in [0.2, 0.25) is 0 Å². The maximum Gasteiger partial charge on any atom is 0.191 e. The molecule has 0 saturated carbocycles. The summed E-state index contributed by atoms with van der Waals surface area (Å²) in [7, 11) is 1.85. The highest BCUT2D eigenvalue weighted by molar-refractivity contribution is 5.79. The van der Waals surface area contributed by atoms with Crippen molar-refractivity contribution in [3.05, 3.63) is 35.4 Å². The average molecular weight is 374 g/mol. The zero-order valence-corrected chi connectivity index (χ0v) is 16.9. The number of aliphatic imine (C=N–C) groups is 1. The van der Waals surface area contributed by atoms with Gasteiger partial charge in [-0.1, -0.05) is 31.2 Å². The standard InChI is InChI=1S/C21H35N5O/c1-3-20(26-10-8-18-6-4-5-7-19(18)17-26)16-24-21(22-2)23-9-11-25-12-14-27-15-13-25/h4-7,20H,3,8-17H2,1-2H3,(H2,22,23,24). The van der Waals surface area contributed by atoms with Gasteiger partial charge in [0.05, 0.1) is 13.2 Å². The number of rotatable bonds is 7. The van der Waals surface area contributed by atoms with Crippen LogP contribution in [0.15, 0.2) is 29.3 Å². The molecule has 6 nitrogen and oxygen atoms in total. The Morgan fingerprint density at radius 1 is 1.15 bits per heavy atom. The normalized spacial score (nSPS) is 20.1. The molecule has 2 aliphatic heterocycles. The monoisotopic (exact) mass is 373 g/mol. The van der Waals surface area contributed by atoms with Gasteiger partial charge in [-0.2, -0.15) is 0 Å². The van der Waals surface area contributed by atoms with Crippen LogP contribution in [0.3, 0.4) is 0 Å². The van der Waals surface area contributed by atoms with Gasteiger partial charge < -0.3 is 15.4 Å². The van der Waals surface area contributed by atoms with E-state index in [2.05, 4.69) is 56.6 Å². The van der Waals surface area contributed by atoms with Crippen molar-refractivity contribution in [2.24, 2.45) is 4.99 Å². The van der Waals surface area contributed by atoms with Crippen molar-refractivity contribution in [3.63, 3.8) is 0 Å². The van der Waals surface area contributed by atoms with Gasteiger partial charge in [0.1, 0.15) is 0 Å². The summed E-state index contributed by atoms with van der Waals surface area (Å²) in [5.41, 5.74) is 2.99. The lowest BCUT2D eigenvalue weighted by Gasteiger charge is -2.35. The molecule has 3 rings (SSSR count). The summed E-state index contributed by atoms with van der Waals surface area (Å²) in [5, 5.41) is 6.99. The van der Waals surface area contributed by atoms with E-state index in [0.717, 1.165) is 77.8 Å². The Balaban J connectivity index is 1.42. The summed E-state index contributed by atoms with van der Waals surface area (Å²) in [4.78, 5) is 9.43. The Kier molecular flexibility index (Phi) is 7.93. The predicted molar refractivity (Wildman–Crippen MR) is 111 cm³/mol. The number of benzene rings is 1. The predicted octanol–water partition coefficient (Wildman–Crippen LogP) is 1.32. The minimum atomic E-state index is 0.524. The quantitative estimate of drug-likeness (QED) is 0.558. The summed E-state index contributed by atoms with van der Waals surface area (Å²) < 4.78 is 5.40. The van der Waals surface area contributed by atoms with Gasteiger partial charge in [0.25, 0.3) is 0 Å². The zero-order chi connectivity index (χ0) is 18.9. The van der Waals surface area contributed by atoms with Crippen molar-refractivity contribution in [3.8, 4) is 0 Å². The van der Waals surface area contributed by atoms with Crippen LogP contribution in [0.1, 0.15) is 24.5 Å². The SMILES string of the molecule is CCC(CNC(=NC)NCCN1CCOCC1)N1CCc2ccccc2C1. The molecular weight excluding hydrogens is 338 g/mol. The number of nitrogens with one attached hydrogen (secondary N) is 2. The fourth-order valence-corrected chi connectivity index (χ4v) is 3.95. The van der Waals surface area contributed by atoms with Crippen molar-refractivity contribution in [1.82, 2.24) is 20.4 Å². The van der Waals surface area contributed by atoms with Gasteiger partial charge in [-0.3, -0.25) is 14.8 Å². The van der Waals surface area contributed by atoms with Gasteiger partial charge in [-0.25, -0.2) is 0 Å². The number of hydrogen-bond donors (Lipinski definition) is 2. The molecule has 2 heterocycles. The Hall–Kier alpha value is -1.63. The van der Waals surface area contributed by atoms with E-state index in [1.54, 1.807) is 0 Å². The number of nitrogens with zero attached hydrogens (tertiary/aromatic N) is 3. The Morgan fingerprint density at radius 2 is 1.93 bits per heavy atom. The molecule has 0 aliphatic carbocycles. The molecule has 2 N–H and O–H groups in total. The molecular formula is C21H35N5O. The van der Waals surface area contributed by atoms with E-state index in [1.165, 1.54) is 11.1 Å². The lowest BCUT2D eigenvalue weighted by molar-refractivity contribution is 0.0389. The van der Waals surface area contributed by atoms with Crippen molar-refractivity contribution in [1.29, 1.82) is 0 Å². The van der Waals surface area contributed by atoms with E-state index in [0.29, 0.717) is 6.04 Å². The van der Waals surface area contributed by atoms with E-state index in [9.17, 15) is 0 Å². The van der Waals surface area contributed by atoms with Crippen LogP contribution in [0.5, 0.6) is 0 Å². The first-order valence-corrected chi connectivity index (χ1v) is 10.4. The van der Waals surface area contributed by atoms with E-state index in [4.69, 9.17) is 4.74 Å². The van der Waals surface area contributed by atoms with E-state index >= 15 is 0 Å². The molecule has 1 unspecified atom stereocenters. The second kappa shape index (κ2) is 10.6. The topological polar surface area (TPSA) is 52.1 Å². The zero-order valence-electron chi connectivity index (χ0n) is 16.9. The molecule has 1 fully saturated rings. The second-order valence-corrected chi connectivity index (χ2v) is 7.39. The maximum atomic E-state index is 5.40. The highest BCUT2D eigenvalue weighted by atomic mass is 16.5. The molecule has 6 heteroatoms. The van der Waals surface area contributed by atoms with E-state index < -0.39 is 0 Å². The molecule has 27 heavy (non-hydrogen) atoms. The van der Waals surface area contributed by atoms with E-state index in [-0.39, 0.29) is 0 Å². The Labute approximate surface area is 164 Å². The number of ether oxygens (including phenoxy) is 1. The van der Waals surface area contributed by atoms with Gasteiger partial charge in [0.15, 0.2) is 5.96 Å². The third-order valence-corrected chi connectivity index (χ3v) is 5.70. The molecule has 150 valence electrons. The van der Waals surface area contributed by atoms with E-state index in [1.807, 2.05) is 7.05 Å². The minimum Gasteiger partial charge on any atom is -0.379 e. The lowest BCUT2D eigenvalue weighted by atomic mass is 9.98.